The van der Waals surface area contributed by atoms with Gasteiger partial charge in [-0.1, -0.05) is 18.5 Å². The largest absolute Gasteiger partial charge is 0.391 e. The first-order valence-corrected chi connectivity index (χ1v) is 4.82. The predicted molar refractivity (Wildman–Crippen MR) is 61.9 cm³/mol. The van der Waals surface area contributed by atoms with E-state index >= 15 is 0 Å². The zero-order valence-electron chi connectivity index (χ0n) is 8.28. The molecule has 0 spiro atoms. The van der Waals surface area contributed by atoms with Gasteiger partial charge in [-0.15, -0.1) is 12.4 Å². The van der Waals surface area contributed by atoms with Crippen molar-refractivity contribution in [2.75, 3.05) is 0 Å². The molecular formula is C10H14Cl2FNO. The fourth-order valence-corrected chi connectivity index (χ4v) is 1.47. The minimum absolute atomic E-state index is 0. The van der Waals surface area contributed by atoms with Crippen molar-refractivity contribution >= 4 is 24.0 Å². The number of aliphatic hydroxyl groups excluding tert-OH is 1. The molecule has 5 heteroatoms. The lowest BCUT2D eigenvalue weighted by Gasteiger charge is -2.17. The molecule has 0 amide bonds. The van der Waals surface area contributed by atoms with Crippen molar-refractivity contribution < 1.29 is 9.50 Å². The van der Waals surface area contributed by atoms with Gasteiger partial charge in [0.2, 0.25) is 0 Å². The van der Waals surface area contributed by atoms with Gasteiger partial charge in [-0.05, 0) is 30.2 Å². The molecular weight excluding hydrogens is 240 g/mol. The van der Waals surface area contributed by atoms with E-state index in [1.807, 2.05) is 6.92 Å². The molecule has 15 heavy (non-hydrogen) atoms. The zero-order chi connectivity index (χ0) is 10.7. The van der Waals surface area contributed by atoms with Crippen molar-refractivity contribution in [1.82, 2.24) is 0 Å². The Morgan fingerprint density at radius 1 is 1.47 bits per heavy atom. The third-order valence-electron chi connectivity index (χ3n) is 2.10. The maximum Gasteiger partial charge on any atom is 0.125 e. The molecule has 0 aliphatic rings. The number of benzene rings is 1. The van der Waals surface area contributed by atoms with Crippen LogP contribution in [0.25, 0.3) is 0 Å². The summed E-state index contributed by atoms with van der Waals surface area (Å²) in [5, 5.41) is 9.76. The van der Waals surface area contributed by atoms with Crippen LogP contribution in [0.15, 0.2) is 18.2 Å². The average Bonchev–Trinajstić information content (AvgIpc) is 2.14. The highest BCUT2D eigenvalue weighted by molar-refractivity contribution is 6.30. The highest BCUT2D eigenvalue weighted by atomic mass is 35.5. The Kier molecular flexibility index (Phi) is 6.13. The number of hydrogen-bond donors (Lipinski definition) is 2. The summed E-state index contributed by atoms with van der Waals surface area (Å²) in [5.41, 5.74) is 6.23. The number of rotatable bonds is 3. The zero-order valence-corrected chi connectivity index (χ0v) is 9.86. The van der Waals surface area contributed by atoms with Crippen molar-refractivity contribution in [2.24, 2.45) is 5.73 Å². The molecule has 0 unspecified atom stereocenters. The van der Waals surface area contributed by atoms with E-state index in [4.69, 9.17) is 17.3 Å². The van der Waals surface area contributed by atoms with Gasteiger partial charge in [-0.3, -0.25) is 0 Å². The molecule has 0 radical (unpaired) electrons. The van der Waals surface area contributed by atoms with E-state index in [2.05, 4.69) is 0 Å². The van der Waals surface area contributed by atoms with Crippen molar-refractivity contribution in [2.45, 2.75) is 25.5 Å². The van der Waals surface area contributed by atoms with Crippen LogP contribution in [0, 0.1) is 5.82 Å². The van der Waals surface area contributed by atoms with Crippen LogP contribution in [0.3, 0.4) is 0 Å². The van der Waals surface area contributed by atoms with E-state index in [1.165, 1.54) is 12.1 Å². The second-order valence-corrected chi connectivity index (χ2v) is 3.64. The molecule has 2 nitrogen and oxygen atoms in total. The molecule has 0 bridgehead atoms. The number of halogens is 3. The summed E-state index contributed by atoms with van der Waals surface area (Å²) in [6, 6.07) is 3.47. The van der Waals surface area contributed by atoms with Crippen LogP contribution in [-0.2, 0) is 0 Å². The Morgan fingerprint density at radius 3 is 2.53 bits per heavy atom. The van der Waals surface area contributed by atoms with Crippen molar-refractivity contribution in [3.05, 3.63) is 34.6 Å². The highest BCUT2D eigenvalue weighted by Gasteiger charge is 2.15. The van der Waals surface area contributed by atoms with Crippen molar-refractivity contribution in [1.29, 1.82) is 0 Å². The Balaban J connectivity index is 0.00000196. The molecule has 1 aromatic rings. The van der Waals surface area contributed by atoms with Gasteiger partial charge in [0.25, 0.3) is 0 Å². The summed E-state index contributed by atoms with van der Waals surface area (Å²) in [6.07, 6.45) is -0.150. The van der Waals surface area contributed by atoms with E-state index in [0.717, 1.165) is 0 Å². The Morgan fingerprint density at radius 2 is 2.07 bits per heavy atom. The average molecular weight is 254 g/mol. The van der Waals surface area contributed by atoms with E-state index < -0.39 is 18.0 Å². The maximum atomic E-state index is 12.9. The lowest BCUT2D eigenvalue weighted by molar-refractivity contribution is 0.140. The monoisotopic (exact) mass is 253 g/mol. The van der Waals surface area contributed by atoms with Crippen LogP contribution < -0.4 is 5.73 Å². The van der Waals surface area contributed by atoms with Gasteiger partial charge < -0.3 is 10.8 Å². The normalized spacial score (nSPS) is 14.2. The van der Waals surface area contributed by atoms with Gasteiger partial charge >= 0.3 is 0 Å². The van der Waals surface area contributed by atoms with E-state index in [9.17, 15) is 9.50 Å². The van der Waals surface area contributed by atoms with E-state index in [0.29, 0.717) is 17.0 Å². The van der Waals surface area contributed by atoms with Crippen LogP contribution in [0.4, 0.5) is 4.39 Å². The van der Waals surface area contributed by atoms with Gasteiger partial charge in [-0.25, -0.2) is 4.39 Å². The Hall–Kier alpha value is -0.350. The summed E-state index contributed by atoms with van der Waals surface area (Å²) < 4.78 is 12.9. The van der Waals surface area contributed by atoms with Crippen LogP contribution in [0.2, 0.25) is 5.02 Å². The predicted octanol–water partition coefficient (Wildman–Crippen LogP) is 2.67. The molecule has 0 aliphatic heterocycles. The molecule has 0 aromatic heterocycles. The molecule has 86 valence electrons. The van der Waals surface area contributed by atoms with Crippen molar-refractivity contribution in [3.8, 4) is 0 Å². The summed E-state index contributed by atoms with van der Waals surface area (Å²) in [4.78, 5) is 0. The Bertz CT molecular complexity index is 302. The smallest absolute Gasteiger partial charge is 0.125 e. The Labute approximate surface area is 99.6 Å². The maximum absolute atomic E-state index is 12.9. The topological polar surface area (TPSA) is 46.2 Å². The second kappa shape index (κ2) is 6.28. The molecule has 0 saturated carbocycles. The fraction of sp³-hybridized carbons (Fsp3) is 0.400. The minimum Gasteiger partial charge on any atom is -0.391 e. The molecule has 0 saturated heterocycles. The molecule has 2 atom stereocenters. The van der Waals surface area contributed by atoms with Crippen molar-refractivity contribution in [3.63, 3.8) is 0 Å². The van der Waals surface area contributed by atoms with Crippen LogP contribution in [0.5, 0.6) is 0 Å². The summed E-state index contributed by atoms with van der Waals surface area (Å²) in [5.74, 6) is -0.439. The lowest BCUT2D eigenvalue weighted by atomic mass is 10.0. The van der Waals surface area contributed by atoms with Gasteiger partial charge in [0.05, 0.1) is 12.1 Å². The van der Waals surface area contributed by atoms with E-state index in [-0.39, 0.29) is 12.4 Å². The van der Waals surface area contributed by atoms with Gasteiger partial charge in [0.15, 0.2) is 0 Å². The first-order chi connectivity index (χ1) is 6.54. The number of aliphatic hydroxyl groups is 1. The van der Waals surface area contributed by atoms with Crippen LogP contribution >= 0.6 is 24.0 Å². The molecule has 3 N–H and O–H groups in total. The number of nitrogens with two attached hydrogens (primary N) is 1. The van der Waals surface area contributed by atoms with Crippen LogP contribution in [0.1, 0.15) is 24.9 Å². The minimum atomic E-state index is -0.673. The molecule has 0 fully saturated rings. The molecule has 0 heterocycles. The number of hydrogen-bond acceptors (Lipinski definition) is 2. The SMILES string of the molecule is CC[C@H](O)[C@H](N)c1cc(F)cc(Cl)c1.Cl. The lowest BCUT2D eigenvalue weighted by Crippen LogP contribution is -2.25. The third kappa shape index (κ3) is 3.95. The van der Waals surface area contributed by atoms with Gasteiger partial charge in [-0.2, -0.15) is 0 Å². The molecule has 1 aromatic carbocycles. The first kappa shape index (κ1) is 14.6. The standard InChI is InChI=1S/C10H13ClFNO.ClH/c1-2-9(14)10(13)6-3-7(11)5-8(12)4-6;/h3-5,9-10,14H,2,13H2,1H3;1H/t9-,10+;/m0./s1. The summed E-state index contributed by atoms with van der Waals surface area (Å²) in [6.45, 7) is 1.81. The van der Waals surface area contributed by atoms with Gasteiger partial charge in [0, 0.05) is 5.02 Å². The highest BCUT2D eigenvalue weighted by Crippen LogP contribution is 2.21. The molecule has 1 rings (SSSR count). The first-order valence-electron chi connectivity index (χ1n) is 4.44. The third-order valence-corrected chi connectivity index (χ3v) is 2.32. The summed E-state index contributed by atoms with van der Waals surface area (Å²) >= 11 is 5.66. The second-order valence-electron chi connectivity index (χ2n) is 3.20. The van der Waals surface area contributed by atoms with Gasteiger partial charge in [0.1, 0.15) is 5.82 Å². The van der Waals surface area contributed by atoms with Crippen LogP contribution in [-0.4, -0.2) is 11.2 Å². The summed E-state index contributed by atoms with van der Waals surface area (Å²) in [7, 11) is 0. The fourth-order valence-electron chi connectivity index (χ4n) is 1.24. The van der Waals surface area contributed by atoms with E-state index in [1.54, 1.807) is 6.07 Å². The molecule has 0 aliphatic carbocycles. The quantitative estimate of drug-likeness (QED) is 0.871.